The van der Waals surface area contributed by atoms with E-state index in [9.17, 15) is 9.59 Å². The number of anilines is 1. The highest BCUT2D eigenvalue weighted by molar-refractivity contribution is 5.96. The van der Waals surface area contributed by atoms with Gasteiger partial charge < -0.3 is 15.5 Å². The molecular formula is C19H31N3O2. The van der Waals surface area contributed by atoms with Gasteiger partial charge in [0.15, 0.2) is 0 Å². The van der Waals surface area contributed by atoms with Crippen LogP contribution in [-0.2, 0) is 0 Å². The molecular weight excluding hydrogens is 302 g/mol. The van der Waals surface area contributed by atoms with Crippen molar-refractivity contribution in [3.63, 3.8) is 0 Å². The molecule has 5 nitrogen and oxygen atoms in total. The molecule has 0 aliphatic carbocycles. The minimum Gasteiger partial charge on any atom is -0.345 e. The van der Waals surface area contributed by atoms with E-state index in [2.05, 4.69) is 24.5 Å². The highest BCUT2D eigenvalue weighted by Crippen LogP contribution is 2.12. The molecule has 0 aromatic heterocycles. The lowest BCUT2D eigenvalue weighted by atomic mass is 10.0. The number of benzene rings is 1. The number of rotatable bonds is 9. The Balaban J connectivity index is 2.28. The smallest absolute Gasteiger partial charge is 0.319 e. The Labute approximate surface area is 145 Å². The lowest BCUT2D eigenvalue weighted by Crippen LogP contribution is -2.29. The van der Waals surface area contributed by atoms with Gasteiger partial charge in [-0.3, -0.25) is 4.79 Å². The molecule has 0 saturated carbocycles. The van der Waals surface area contributed by atoms with Crippen LogP contribution in [0.15, 0.2) is 24.3 Å². The second-order valence-corrected chi connectivity index (χ2v) is 6.76. The van der Waals surface area contributed by atoms with Crippen LogP contribution in [0.4, 0.5) is 10.5 Å². The number of nitrogens with zero attached hydrogens (tertiary/aromatic N) is 1. The van der Waals surface area contributed by atoms with Crippen molar-refractivity contribution in [2.24, 2.45) is 5.92 Å². The van der Waals surface area contributed by atoms with Crippen LogP contribution in [-0.4, -0.2) is 37.5 Å². The van der Waals surface area contributed by atoms with Gasteiger partial charge in [-0.15, -0.1) is 0 Å². The van der Waals surface area contributed by atoms with Crippen LogP contribution >= 0.6 is 0 Å². The average Bonchev–Trinajstić information content (AvgIpc) is 2.53. The number of amides is 3. The molecule has 24 heavy (non-hydrogen) atoms. The molecule has 0 aliphatic rings. The fourth-order valence-corrected chi connectivity index (χ4v) is 2.40. The van der Waals surface area contributed by atoms with Crippen molar-refractivity contribution in [3.05, 3.63) is 29.8 Å². The van der Waals surface area contributed by atoms with Gasteiger partial charge in [0.05, 0.1) is 0 Å². The Morgan fingerprint density at radius 3 is 2.46 bits per heavy atom. The summed E-state index contributed by atoms with van der Waals surface area (Å²) in [5.74, 6) is 0.685. The normalized spacial score (nSPS) is 10.5. The second kappa shape index (κ2) is 10.7. The van der Waals surface area contributed by atoms with Gasteiger partial charge in [-0.25, -0.2) is 4.79 Å². The quantitative estimate of drug-likeness (QED) is 0.668. The molecule has 0 atom stereocenters. The molecule has 0 saturated heterocycles. The molecule has 2 N–H and O–H groups in total. The summed E-state index contributed by atoms with van der Waals surface area (Å²) < 4.78 is 0. The summed E-state index contributed by atoms with van der Waals surface area (Å²) in [6, 6.07) is 6.74. The predicted octanol–water partition coefficient (Wildman–Crippen LogP) is 4.12. The molecule has 1 aromatic rings. The zero-order chi connectivity index (χ0) is 17.9. The number of hydrogen-bond donors (Lipinski definition) is 2. The molecule has 134 valence electrons. The lowest BCUT2D eigenvalue weighted by molar-refractivity contribution is 0.0827. The van der Waals surface area contributed by atoms with E-state index in [4.69, 9.17) is 0 Å². The van der Waals surface area contributed by atoms with Gasteiger partial charge in [0, 0.05) is 31.9 Å². The molecule has 0 fully saturated rings. The Morgan fingerprint density at radius 1 is 1.08 bits per heavy atom. The Bertz CT molecular complexity index is 527. The van der Waals surface area contributed by atoms with Gasteiger partial charge in [-0.1, -0.05) is 45.6 Å². The molecule has 1 rings (SSSR count). The first-order chi connectivity index (χ1) is 11.4. The fraction of sp³-hybridized carbons (Fsp3) is 0.579. The first-order valence-corrected chi connectivity index (χ1v) is 8.76. The van der Waals surface area contributed by atoms with Crippen LogP contribution in [0.5, 0.6) is 0 Å². The van der Waals surface area contributed by atoms with E-state index in [1.54, 1.807) is 38.4 Å². The van der Waals surface area contributed by atoms with Crippen LogP contribution in [0, 0.1) is 5.92 Å². The minimum atomic E-state index is -0.230. The third kappa shape index (κ3) is 7.99. The molecule has 0 spiro atoms. The first kappa shape index (κ1) is 20.0. The van der Waals surface area contributed by atoms with Crippen LogP contribution in [0.3, 0.4) is 0 Å². The standard InChI is InChI=1S/C19H31N3O2/c1-15(2)10-7-5-6-8-13-20-19(24)21-17-12-9-11-16(14-17)18(23)22(3)4/h9,11-12,14-15H,5-8,10,13H2,1-4H3,(H2,20,21,24). The zero-order valence-corrected chi connectivity index (χ0v) is 15.4. The summed E-state index contributed by atoms with van der Waals surface area (Å²) in [6.45, 7) is 5.16. The summed E-state index contributed by atoms with van der Waals surface area (Å²) in [5, 5.41) is 5.63. The van der Waals surface area contributed by atoms with Gasteiger partial charge >= 0.3 is 6.03 Å². The van der Waals surface area contributed by atoms with Crippen molar-refractivity contribution in [3.8, 4) is 0 Å². The number of carbonyl (C=O) groups excluding carboxylic acids is 2. The molecule has 1 aromatic carbocycles. The van der Waals surface area contributed by atoms with Crippen LogP contribution in [0.25, 0.3) is 0 Å². The van der Waals surface area contributed by atoms with Gasteiger partial charge in [0.25, 0.3) is 5.91 Å². The van der Waals surface area contributed by atoms with Crippen molar-refractivity contribution >= 4 is 17.6 Å². The molecule has 0 unspecified atom stereocenters. The second-order valence-electron chi connectivity index (χ2n) is 6.76. The zero-order valence-electron chi connectivity index (χ0n) is 15.4. The fourth-order valence-electron chi connectivity index (χ4n) is 2.40. The van der Waals surface area contributed by atoms with Gasteiger partial charge in [0.1, 0.15) is 0 Å². The summed E-state index contributed by atoms with van der Waals surface area (Å²) in [4.78, 5) is 25.3. The molecule has 5 heteroatoms. The largest absolute Gasteiger partial charge is 0.345 e. The van der Waals surface area contributed by atoms with E-state index >= 15 is 0 Å². The van der Waals surface area contributed by atoms with Crippen molar-refractivity contribution in [1.82, 2.24) is 10.2 Å². The molecule has 0 radical (unpaired) electrons. The van der Waals surface area contributed by atoms with Gasteiger partial charge in [-0.05, 0) is 30.5 Å². The SMILES string of the molecule is CC(C)CCCCCCNC(=O)Nc1cccc(C(=O)N(C)C)c1. The Morgan fingerprint density at radius 2 is 1.79 bits per heavy atom. The maximum absolute atomic E-state index is 11.9. The summed E-state index contributed by atoms with van der Waals surface area (Å²) in [7, 11) is 3.41. The Hall–Kier alpha value is -2.04. The first-order valence-electron chi connectivity index (χ1n) is 8.76. The number of hydrogen-bond acceptors (Lipinski definition) is 2. The average molecular weight is 333 g/mol. The van der Waals surface area contributed by atoms with Crippen molar-refractivity contribution < 1.29 is 9.59 Å². The van der Waals surface area contributed by atoms with Crippen LogP contribution in [0.1, 0.15) is 56.3 Å². The van der Waals surface area contributed by atoms with E-state index in [1.807, 2.05) is 0 Å². The van der Waals surface area contributed by atoms with Crippen molar-refractivity contribution in [2.75, 3.05) is 26.0 Å². The highest BCUT2D eigenvalue weighted by Gasteiger charge is 2.09. The number of nitrogens with one attached hydrogen (secondary N) is 2. The summed E-state index contributed by atoms with van der Waals surface area (Å²) in [5.41, 5.74) is 1.18. The summed E-state index contributed by atoms with van der Waals surface area (Å²) >= 11 is 0. The third-order valence-electron chi connectivity index (χ3n) is 3.77. The molecule has 0 heterocycles. The number of carbonyl (C=O) groups is 2. The lowest BCUT2D eigenvalue weighted by Gasteiger charge is -2.12. The maximum atomic E-state index is 11.9. The monoisotopic (exact) mass is 333 g/mol. The topological polar surface area (TPSA) is 61.4 Å². The van der Waals surface area contributed by atoms with Crippen LogP contribution < -0.4 is 10.6 Å². The van der Waals surface area contributed by atoms with E-state index in [1.165, 1.54) is 24.2 Å². The van der Waals surface area contributed by atoms with E-state index in [0.29, 0.717) is 17.8 Å². The van der Waals surface area contributed by atoms with E-state index in [-0.39, 0.29) is 11.9 Å². The summed E-state index contributed by atoms with van der Waals surface area (Å²) in [6.07, 6.45) is 5.88. The molecule has 3 amide bonds. The Kier molecular flexibility index (Phi) is 8.90. The maximum Gasteiger partial charge on any atom is 0.319 e. The van der Waals surface area contributed by atoms with E-state index in [0.717, 1.165) is 18.8 Å². The third-order valence-corrected chi connectivity index (χ3v) is 3.77. The van der Waals surface area contributed by atoms with Crippen LogP contribution in [0.2, 0.25) is 0 Å². The number of urea groups is 1. The van der Waals surface area contributed by atoms with Gasteiger partial charge in [0.2, 0.25) is 0 Å². The van der Waals surface area contributed by atoms with Gasteiger partial charge in [-0.2, -0.15) is 0 Å². The molecule has 0 aliphatic heterocycles. The highest BCUT2D eigenvalue weighted by atomic mass is 16.2. The van der Waals surface area contributed by atoms with E-state index < -0.39 is 0 Å². The number of unbranched alkanes of at least 4 members (excludes halogenated alkanes) is 3. The van der Waals surface area contributed by atoms with Crippen molar-refractivity contribution in [1.29, 1.82) is 0 Å². The minimum absolute atomic E-state index is 0.0829. The molecule has 0 bridgehead atoms. The predicted molar refractivity (Wildman–Crippen MR) is 99.4 cm³/mol. The van der Waals surface area contributed by atoms with Crippen molar-refractivity contribution in [2.45, 2.75) is 46.0 Å².